The molecule has 4 atom stereocenters. The molecule has 6 nitrogen and oxygen atoms in total. The second-order valence-electron chi connectivity index (χ2n) is 13.3. The van der Waals surface area contributed by atoms with Crippen LogP contribution in [0.2, 0.25) is 0 Å². The van der Waals surface area contributed by atoms with Crippen molar-refractivity contribution in [1.29, 1.82) is 0 Å². The molecule has 51 heavy (non-hydrogen) atoms. The Morgan fingerprint density at radius 1 is 0.686 bits per heavy atom. The van der Waals surface area contributed by atoms with Gasteiger partial charge in [0, 0.05) is 47.3 Å². The Balaban J connectivity index is 1.29. The summed E-state index contributed by atoms with van der Waals surface area (Å²) in [6, 6.07) is 15.8. The molecular formula is C40H40Br2Cl2N2O4S. The Labute approximate surface area is 330 Å². The van der Waals surface area contributed by atoms with Crippen molar-refractivity contribution in [1.82, 2.24) is 9.80 Å². The second kappa shape index (κ2) is 16.8. The highest BCUT2D eigenvalue weighted by atomic mass is 79.9. The lowest BCUT2D eigenvalue weighted by Crippen LogP contribution is -2.39. The molecule has 2 aliphatic carbocycles. The highest BCUT2D eigenvalue weighted by molar-refractivity contribution is 9.10. The zero-order valence-electron chi connectivity index (χ0n) is 27.9. The fourth-order valence-electron chi connectivity index (χ4n) is 6.80. The highest BCUT2D eigenvalue weighted by Crippen LogP contribution is 2.54. The minimum atomic E-state index is -1.00. The molecule has 2 amide bonds. The molecule has 6 rings (SSSR count). The van der Waals surface area contributed by atoms with Gasteiger partial charge in [-0.3, -0.25) is 9.59 Å². The van der Waals surface area contributed by atoms with Gasteiger partial charge in [-0.1, -0.05) is 105 Å². The number of aliphatic hydroxyl groups excluding tert-OH is 2. The molecule has 268 valence electrons. The van der Waals surface area contributed by atoms with Crippen LogP contribution in [0.25, 0.3) is 0 Å². The summed E-state index contributed by atoms with van der Waals surface area (Å²) in [5.41, 5.74) is 3.40. The van der Waals surface area contributed by atoms with E-state index in [0.29, 0.717) is 51.9 Å². The van der Waals surface area contributed by atoms with E-state index in [0.717, 1.165) is 31.2 Å². The molecule has 2 saturated heterocycles. The van der Waals surface area contributed by atoms with Gasteiger partial charge in [-0.2, -0.15) is 0 Å². The van der Waals surface area contributed by atoms with Crippen LogP contribution < -0.4 is 0 Å². The molecule has 2 aromatic rings. The summed E-state index contributed by atoms with van der Waals surface area (Å²) in [5, 5.41) is 19.2. The zero-order chi connectivity index (χ0) is 36.2. The van der Waals surface area contributed by atoms with Crippen LogP contribution in [0.1, 0.15) is 36.8 Å². The Kier molecular flexibility index (Phi) is 12.6. The summed E-state index contributed by atoms with van der Waals surface area (Å²) in [4.78, 5) is 27.5. The van der Waals surface area contributed by atoms with Gasteiger partial charge in [0.15, 0.2) is 0 Å². The third-order valence-corrected chi connectivity index (χ3v) is 14.1. The normalized spacial score (nSPS) is 27.6. The number of aliphatic hydroxyl groups is 2. The molecule has 2 aliphatic heterocycles. The maximum Gasteiger partial charge on any atom is 0.246 e. The number of amides is 2. The van der Waals surface area contributed by atoms with Crippen LogP contribution >= 0.6 is 66.8 Å². The number of thioether (sulfide) groups is 1. The van der Waals surface area contributed by atoms with Crippen molar-refractivity contribution in [2.24, 2.45) is 0 Å². The number of rotatable bonds is 8. The van der Waals surface area contributed by atoms with Crippen molar-refractivity contribution in [3.8, 4) is 0 Å². The van der Waals surface area contributed by atoms with Gasteiger partial charge in [-0.05, 0) is 72.2 Å². The Bertz CT molecular complexity index is 1680. The summed E-state index contributed by atoms with van der Waals surface area (Å²) in [7, 11) is 0. The van der Waals surface area contributed by atoms with E-state index in [1.807, 2.05) is 72.8 Å². The minimum absolute atomic E-state index is 0.0884. The van der Waals surface area contributed by atoms with Gasteiger partial charge in [-0.15, -0.1) is 35.0 Å². The van der Waals surface area contributed by atoms with Gasteiger partial charge in [-0.25, -0.2) is 0 Å². The predicted molar refractivity (Wildman–Crippen MR) is 215 cm³/mol. The third-order valence-electron chi connectivity index (χ3n) is 9.76. The number of likely N-dealkylation sites (tertiary alicyclic amines) is 2. The number of halogens is 4. The molecule has 4 unspecified atom stereocenters. The lowest BCUT2D eigenvalue weighted by molar-refractivity contribution is -0.128. The fourth-order valence-corrected chi connectivity index (χ4v) is 10.7. The molecule has 2 fully saturated rings. The number of piperidine rings is 2. The smallest absolute Gasteiger partial charge is 0.246 e. The van der Waals surface area contributed by atoms with Crippen LogP contribution in [0.5, 0.6) is 0 Å². The summed E-state index contributed by atoms with van der Waals surface area (Å²) in [5.74, 6) is -0.177. The highest BCUT2D eigenvalue weighted by Gasteiger charge is 2.46. The zero-order valence-corrected chi connectivity index (χ0v) is 33.4. The first-order valence-corrected chi connectivity index (χ1v) is 20.4. The van der Waals surface area contributed by atoms with Gasteiger partial charge in [0.05, 0.1) is 22.7 Å². The number of hydrogen-bond donors (Lipinski definition) is 2. The van der Waals surface area contributed by atoms with E-state index >= 15 is 0 Å². The Hall–Kier alpha value is -2.37. The van der Waals surface area contributed by atoms with Crippen LogP contribution in [0.3, 0.4) is 0 Å². The number of nitrogens with zero attached hydrogens (tertiary/aromatic N) is 2. The van der Waals surface area contributed by atoms with E-state index < -0.39 is 9.75 Å². The molecule has 2 heterocycles. The largest absolute Gasteiger partial charge is 0.393 e. The van der Waals surface area contributed by atoms with Crippen LogP contribution in [0.4, 0.5) is 0 Å². The van der Waals surface area contributed by atoms with Crippen molar-refractivity contribution < 1.29 is 19.8 Å². The molecule has 2 aromatic carbocycles. The van der Waals surface area contributed by atoms with E-state index in [2.05, 4.69) is 44.0 Å². The number of hydrogen-bond acceptors (Lipinski definition) is 5. The maximum absolute atomic E-state index is 13.0. The van der Waals surface area contributed by atoms with Gasteiger partial charge < -0.3 is 20.0 Å². The standard InChI is InChI=1S/C40H40Br2Cl2N2O4S/c41-33-7-3-1-5-31(33)39(43)25-27(11-15-37(49)45-21-17-29(47)18-22-45)9-13-35(39)51-36-14-10-28(12-16-38(50)46-23-19-30(48)20-24-46)26-40(36,44)32-6-2-4-8-34(32)42/h1-16,25-26,29-30,35-36,47-48H,17-24H2. The summed E-state index contributed by atoms with van der Waals surface area (Å²) in [6.45, 7) is 2.14. The van der Waals surface area contributed by atoms with Crippen LogP contribution in [-0.2, 0) is 19.3 Å². The van der Waals surface area contributed by atoms with E-state index in [1.165, 1.54) is 0 Å². The first-order valence-electron chi connectivity index (χ1n) is 17.1. The topological polar surface area (TPSA) is 81.1 Å². The second-order valence-corrected chi connectivity index (χ2v) is 17.5. The molecule has 0 radical (unpaired) electrons. The minimum Gasteiger partial charge on any atom is -0.393 e. The first kappa shape index (κ1) is 38.4. The van der Waals surface area contributed by atoms with Gasteiger partial charge in [0.2, 0.25) is 11.8 Å². The first-order chi connectivity index (χ1) is 24.5. The quantitative estimate of drug-likeness (QED) is 0.206. The molecule has 0 aromatic heterocycles. The summed E-state index contributed by atoms with van der Waals surface area (Å²) in [6.07, 6.45) is 20.6. The molecule has 0 saturated carbocycles. The molecule has 2 N–H and O–H groups in total. The lowest BCUT2D eigenvalue weighted by atomic mass is 9.87. The fraction of sp³-hybridized carbons (Fsp3) is 0.350. The van der Waals surface area contributed by atoms with Gasteiger partial charge in [0.25, 0.3) is 0 Å². The molecule has 4 aliphatic rings. The molecule has 0 bridgehead atoms. The third kappa shape index (κ3) is 8.89. The van der Waals surface area contributed by atoms with Crippen molar-refractivity contribution in [2.75, 3.05) is 26.2 Å². The predicted octanol–water partition coefficient (Wildman–Crippen LogP) is 8.32. The number of allylic oxidation sites excluding steroid dienone is 8. The lowest BCUT2D eigenvalue weighted by Gasteiger charge is -2.41. The average Bonchev–Trinajstić information content (AvgIpc) is 3.12. The van der Waals surface area contributed by atoms with E-state index in [1.54, 1.807) is 45.9 Å². The molecule has 11 heteroatoms. The number of benzene rings is 2. The van der Waals surface area contributed by atoms with Crippen molar-refractivity contribution in [3.63, 3.8) is 0 Å². The SMILES string of the molecule is O=C(C=CC1=CC(Cl)(c2ccccc2Br)C(SC2C=CC(C=CC(=O)N3CCC(O)CC3)=CC2(Cl)c2ccccc2Br)C=C1)N1CCC(O)CC1. The van der Waals surface area contributed by atoms with Crippen molar-refractivity contribution in [3.05, 3.63) is 141 Å². The van der Waals surface area contributed by atoms with Gasteiger partial charge >= 0.3 is 0 Å². The summed E-state index contributed by atoms with van der Waals surface area (Å²) >= 11 is 24.6. The monoisotopic (exact) mass is 872 g/mol. The Morgan fingerprint density at radius 3 is 1.43 bits per heavy atom. The Morgan fingerprint density at radius 2 is 1.06 bits per heavy atom. The number of carbonyl (C=O) groups excluding carboxylic acids is 2. The van der Waals surface area contributed by atoms with E-state index in [9.17, 15) is 19.8 Å². The van der Waals surface area contributed by atoms with Crippen LogP contribution in [-0.4, -0.2) is 80.7 Å². The average molecular weight is 876 g/mol. The summed E-state index contributed by atoms with van der Waals surface area (Å²) < 4.78 is 1.73. The molecule has 0 spiro atoms. The van der Waals surface area contributed by atoms with Crippen molar-refractivity contribution in [2.45, 2.75) is 58.1 Å². The van der Waals surface area contributed by atoms with Crippen LogP contribution in [0, 0.1) is 0 Å². The van der Waals surface area contributed by atoms with Gasteiger partial charge in [0.1, 0.15) is 9.75 Å². The van der Waals surface area contributed by atoms with E-state index in [4.69, 9.17) is 23.2 Å². The number of carbonyl (C=O) groups is 2. The molecular weight excluding hydrogens is 835 g/mol. The van der Waals surface area contributed by atoms with E-state index in [-0.39, 0.29) is 34.5 Å². The van der Waals surface area contributed by atoms with Crippen molar-refractivity contribution >= 4 is 78.6 Å². The van der Waals surface area contributed by atoms with Crippen LogP contribution in [0.15, 0.2) is 129 Å². The number of alkyl halides is 2. The maximum atomic E-state index is 13.0.